The minimum atomic E-state index is -0.330. The quantitative estimate of drug-likeness (QED) is 0.757. The zero-order valence-electron chi connectivity index (χ0n) is 12.4. The Morgan fingerprint density at radius 2 is 1.86 bits per heavy atom. The number of halogens is 1. The number of hydrogen-bond acceptors (Lipinski definition) is 2. The van der Waals surface area contributed by atoms with Crippen LogP contribution in [0.5, 0.6) is 0 Å². The van der Waals surface area contributed by atoms with Crippen LogP contribution >= 0.6 is 11.6 Å². The van der Waals surface area contributed by atoms with Crippen molar-refractivity contribution in [2.75, 3.05) is 24.5 Å². The second-order valence-electron chi connectivity index (χ2n) is 5.20. The van der Waals surface area contributed by atoms with E-state index < -0.39 is 0 Å². The molecule has 1 aliphatic rings. The van der Waals surface area contributed by atoms with Gasteiger partial charge in [-0.25, -0.2) is 0 Å². The fourth-order valence-corrected chi connectivity index (χ4v) is 2.69. The van der Waals surface area contributed by atoms with Crippen LogP contribution in [0.2, 0.25) is 5.02 Å². The molecule has 1 atom stereocenters. The molecule has 0 N–H and O–H groups in total. The van der Waals surface area contributed by atoms with Crippen molar-refractivity contribution in [1.82, 2.24) is 4.90 Å². The van der Waals surface area contributed by atoms with Gasteiger partial charge in [0.25, 0.3) is 0 Å². The van der Waals surface area contributed by atoms with Gasteiger partial charge in [-0.15, -0.1) is 13.2 Å². The lowest BCUT2D eigenvalue weighted by Crippen LogP contribution is -2.37. The highest BCUT2D eigenvalue weighted by molar-refractivity contribution is 6.30. The standard InChI is InChI=1S/C17H19ClN2O2/c1-3-9-19(10-4-2)17(22)13-11-16(21)20(12-13)15-7-5-14(18)6-8-15/h3-8,13H,1-2,9-12H2. The van der Waals surface area contributed by atoms with E-state index >= 15 is 0 Å². The summed E-state index contributed by atoms with van der Waals surface area (Å²) in [4.78, 5) is 28.0. The van der Waals surface area contributed by atoms with Gasteiger partial charge in [-0.1, -0.05) is 23.8 Å². The van der Waals surface area contributed by atoms with E-state index in [-0.39, 0.29) is 24.2 Å². The first-order valence-corrected chi connectivity index (χ1v) is 7.51. The molecule has 1 unspecified atom stereocenters. The van der Waals surface area contributed by atoms with Crippen molar-refractivity contribution in [3.8, 4) is 0 Å². The molecule has 0 radical (unpaired) electrons. The van der Waals surface area contributed by atoms with E-state index in [2.05, 4.69) is 13.2 Å². The van der Waals surface area contributed by atoms with E-state index in [1.165, 1.54) is 0 Å². The average Bonchev–Trinajstić information content (AvgIpc) is 2.89. The first-order chi connectivity index (χ1) is 10.6. The lowest BCUT2D eigenvalue weighted by atomic mass is 10.1. The number of carbonyl (C=O) groups excluding carboxylic acids is 2. The van der Waals surface area contributed by atoms with Gasteiger partial charge < -0.3 is 9.80 Å². The van der Waals surface area contributed by atoms with Gasteiger partial charge in [0, 0.05) is 36.8 Å². The van der Waals surface area contributed by atoms with E-state index in [4.69, 9.17) is 11.6 Å². The van der Waals surface area contributed by atoms with Gasteiger partial charge in [-0.05, 0) is 24.3 Å². The van der Waals surface area contributed by atoms with E-state index in [0.29, 0.717) is 24.7 Å². The molecule has 0 spiro atoms. The van der Waals surface area contributed by atoms with Crippen LogP contribution in [0.1, 0.15) is 6.42 Å². The van der Waals surface area contributed by atoms with E-state index in [9.17, 15) is 9.59 Å². The predicted molar refractivity (Wildman–Crippen MR) is 88.9 cm³/mol. The largest absolute Gasteiger partial charge is 0.335 e. The van der Waals surface area contributed by atoms with Crippen LogP contribution in [0, 0.1) is 5.92 Å². The van der Waals surface area contributed by atoms with Gasteiger partial charge in [-0.2, -0.15) is 0 Å². The number of carbonyl (C=O) groups is 2. The van der Waals surface area contributed by atoms with E-state index in [1.54, 1.807) is 46.2 Å². The Kier molecular flexibility index (Phi) is 5.39. The second kappa shape index (κ2) is 7.27. The fourth-order valence-electron chi connectivity index (χ4n) is 2.57. The van der Waals surface area contributed by atoms with Crippen molar-refractivity contribution in [2.24, 2.45) is 5.92 Å². The summed E-state index contributed by atoms with van der Waals surface area (Å²) in [5, 5.41) is 0.617. The number of anilines is 1. The maximum absolute atomic E-state index is 12.5. The van der Waals surface area contributed by atoms with Crippen molar-refractivity contribution in [3.05, 3.63) is 54.6 Å². The summed E-state index contributed by atoms with van der Waals surface area (Å²) in [6.45, 7) is 8.62. The van der Waals surface area contributed by atoms with E-state index in [1.807, 2.05) is 0 Å². The summed E-state index contributed by atoms with van der Waals surface area (Å²) < 4.78 is 0. The minimum Gasteiger partial charge on any atom is -0.335 e. The summed E-state index contributed by atoms with van der Waals surface area (Å²) in [6.07, 6.45) is 3.58. The van der Waals surface area contributed by atoms with Crippen molar-refractivity contribution < 1.29 is 9.59 Å². The maximum atomic E-state index is 12.5. The smallest absolute Gasteiger partial charge is 0.228 e. The molecule has 1 aliphatic heterocycles. The van der Waals surface area contributed by atoms with Gasteiger partial charge in [0.15, 0.2) is 0 Å². The number of benzene rings is 1. The third-order valence-electron chi connectivity index (χ3n) is 3.62. The van der Waals surface area contributed by atoms with Crippen LogP contribution in [-0.4, -0.2) is 36.3 Å². The van der Waals surface area contributed by atoms with Gasteiger partial charge in [0.1, 0.15) is 0 Å². The maximum Gasteiger partial charge on any atom is 0.228 e. The molecule has 5 heteroatoms. The highest BCUT2D eigenvalue weighted by Gasteiger charge is 2.36. The van der Waals surface area contributed by atoms with Gasteiger partial charge in [-0.3, -0.25) is 9.59 Å². The van der Waals surface area contributed by atoms with Crippen LogP contribution in [-0.2, 0) is 9.59 Å². The molecule has 22 heavy (non-hydrogen) atoms. The van der Waals surface area contributed by atoms with Gasteiger partial charge in [0.2, 0.25) is 11.8 Å². The molecule has 0 aliphatic carbocycles. The molecule has 0 bridgehead atoms. The van der Waals surface area contributed by atoms with Crippen molar-refractivity contribution in [1.29, 1.82) is 0 Å². The SMILES string of the molecule is C=CCN(CC=C)C(=O)C1CC(=O)N(c2ccc(Cl)cc2)C1. The Balaban J connectivity index is 2.10. The van der Waals surface area contributed by atoms with Gasteiger partial charge in [0.05, 0.1) is 5.92 Å². The third kappa shape index (κ3) is 3.57. The van der Waals surface area contributed by atoms with Crippen LogP contribution in [0.15, 0.2) is 49.6 Å². The molecule has 4 nitrogen and oxygen atoms in total. The molecule has 116 valence electrons. The molecule has 1 heterocycles. The minimum absolute atomic E-state index is 0.0374. The number of rotatable bonds is 6. The molecule has 1 aromatic rings. The Hall–Kier alpha value is -2.07. The topological polar surface area (TPSA) is 40.6 Å². The van der Waals surface area contributed by atoms with Crippen LogP contribution in [0.3, 0.4) is 0 Å². The van der Waals surface area contributed by atoms with Crippen molar-refractivity contribution in [2.45, 2.75) is 6.42 Å². The molecule has 2 amide bonds. The van der Waals surface area contributed by atoms with E-state index in [0.717, 1.165) is 5.69 Å². The van der Waals surface area contributed by atoms with Crippen molar-refractivity contribution in [3.63, 3.8) is 0 Å². The number of amides is 2. The summed E-state index contributed by atoms with van der Waals surface area (Å²) in [5.74, 6) is -0.412. The van der Waals surface area contributed by atoms with Crippen LogP contribution in [0.4, 0.5) is 5.69 Å². The second-order valence-corrected chi connectivity index (χ2v) is 5.64. The molecular weight excluding hydrogens is 300 g/mol. The molecule has 0 aromatic heterocycles. The molecule has 1 saturated heterocycles. The fraction of sp³-hybridized carbons (Fsp3) is 0.294. The zero-order chi connectivity index (χ0) is 16.1. The predicted octanol–water partition coefficient (Wildman–Crippen LogP) is 2.89. The number of hydrogen-bond donors (Lipinski definition) is 0. The Bertz CT molecular complexity index is 573. The average molecular weight is 319 g/mol. The Morgan fingerprint density at radius 3 is 2.41 bits per heavy atom. The summed E-state index contributed by atoms with van der Waals surface area (Å²) >= 11 is 5.86. The molecule has 1 fully saturated rings. The lowest BCUT2D eigenvalue weighted by Gasteiger charge is -2.23. The first kappa shape index (κ1) is 16.3. The zero-order valence-corrected chi connectivity index (χ0v) is 13.1. The lowest BCUT2D eigenvalue weighted by molar-refractivity contribution is -0.134. The summed E-state index contributed by atoms with van der Waals surface area (Å²) in [6, 6.07) is 7.05. The molecular formula is C17H19ClN2O2. The first-order valence-electron chi connectivity index (χ1n) is 7.13. The monoisotopic (exact) mass is 318 g/mol. The van der Waals surface area contributed by atoms with Crippen LogP contribution < -0.4 is 4.90 Å². The Morgan fingerprint density at radius 1 is 1.27 bits per heavy atom. The highest BCUT2D eigenvalue weighted by atomic mass is 35.5. The highest BCUT2D eigenvalue weighted by Crippen LogP contribution is 2.27. The third-order valence-corrected chi connectivity index (χ3v) is 3.88. The van der Waals surface area contributed by atoms with Crippen LogP contribution in [0.25, 0.3) is 0 Å². The van der Waals surface area contributed by atoms with Crippen molar-refractivity contribution >= 4 is 29.1 Å². The molecule has 2 rings (SSSR count). The Labute approximate surface area is 135 Å². The molecule has 0 saturated carbocycles. The summed E-state index contributed by atoms with van der Waals surface area (Å²) in [5.41, 5.74) is 0.767. The molecule has 1 aromatic carbocycles. The summed E-state index contributed by atoms with van der Waals surface area (Å²) in [7, 11) is 0. The number of nitrogens with zero attached hydrogens (tertiary/aromatic N) is 2. The normalized spacial score (nSPS) is 17.4. The van der Waals surface area contributed by atoms with Gasteiger partial charge >= 0.3 is 0 Å².